The molecule has 4 nitrogen and oxygen atoms in total. The first kappa shape index (κ1) is 21.2. The lowest BCUT2D eigenvalue weighted by Gasteiger charge is -2.37. The standard InChI is InChI=1S/C29H27NO3/c1-3-33-29(32)26-18(2)30-24-16-21(19-10-5-4-6-11-19)17-25(31)28(24)27(26)23-15-9-13-20-12-7-8-14-22(20)23/h4-15,21,27,30H,3,16-17H2,1-2H3/t21-,27-/m0/s1. The summed E-state index contributed by atoms with van der Waals surface area (Å²) in [6, 6.07) is 24.4. The van der Waals surface area contributed by atoms with E-state index < -0.39 is 5.92 Å². The number of allylic oxidation sites excluding steroid dienone is 3. The molecule has 1 aliphatic heterocycles. The summed E-state index contributed by atoms with van der Waals surface area (Å²) in [5.41, 5.74) is 5.04. The third kappa shape index (κ3) is 3.76. The number of fused-ring (bicyclic) bond motifs is 1. The number of nitrogens with one attached hydrogen (secondary N) is 1. The van der Waals surface area contributed by atoms with Crippen LogP contribution in [0.25, 0.3) is 10.8 Å². The molecule has 2 atom stereocenters. The van der Waals surface area contributed by atoms with Crippen LogP contribution in [0, 0.1) is 0 Å². The van der Waals surface area contributed by atoms with Crippen LogP contribution in [0.5, 0.6) is 0 Å². The Hall–Kier alpha value is -3.66. The molecule has 0 radical (unpaired) electrons. The number of carbonyl (C=O) groups excluding carboxylic acids is 2. The van der Waals surface area contributed by atoms with Gasteiger partial charge in [-0.05, 0) is 48.1 Å². The summed E-state index contributed by atoms with van der Waals surface area (Å²) in [7, 11) is 0. The van der Waals surface area contributed by atoms with Crippen LogP contribution in [-0.2, 0) is 14.3 Å². The number of ketones is 1. The lowest BCUT2D eigenvalue weighted by molar-refractivity contribution is -0.138. The quantitative estimate of drug-likeness (QED) is 0.527. The van der Waals surface area contributed by atoms with Gasteiger partial charge in [-0.1, -0.05) is 72.8 Å². The van der Waals surface area contributed by atoms with Crippen LogP contribution in [0.15, 0.2) is 95.3 Å². The Morgan fingerprint density at radius 3 is 2.48 bits per heavy atom. The number of Topliss-reactive ketones (excluding diaryl/α,β-unsaturated/α-hetero) is 1. The number of esters is 1. The zero-order valence-electron chi connectivity index (χ0n) is 18.9. The Kier molecular flexibility index (Phi) is 5.59. The van der Waals surface area contributed by atoms with Crippen molar-refractivity contribution in [3.8, 4) is 0 Å². The van der Waals surface area contributed by atoms with Gasteiger partial charge in [-0.15, -0.1) is 0 Å². The van der Waals surface area contributed by atoms with Gasteiger partial charge in [0.1, 0.15) is 0 Å². The zero-order valence-corrected chi connectivity index (χ0v) is 18.9. The molecule has 2 aliphatic rings. The Morgan fingerprint density at radius 1 is 0.970 bits per heavy atom. The van der Waals surface area contributed by atoms with Crippen molar-refractivity contribution in [1.29, 1.82) is 0 Å². The third-order valence-corrected chi connectivity index (χ3v) is 6.73. The lowest BCUT2D eigenvalue weighted by atomic mass is 9.71. The maximum Gasteiger partial charge on any atom is 0.336 e. The van der Waals surface area contributed by atoms with Gasteiger partial charge in [-0.25, -0.2) is 4.79 Å². The minimum Gasteiger partial charge on any atom is -0.463 e. The normalized spacial score (nSPS) is 20.5. The summed E-state index contributed by atoms with van der Waals surface area (Å²) in [5, 5.41) is 5.56. The zero-order chi connectivity index (χ0) is 22.9. The van der Waals surface area contributed by atoms with Crippen LogP contribution >= 0.6 is 0 Å². The fourth-order valence-electron chi connectivity index (χ4n) is 5.29. The molecule has 5 rings (SSSR count). The highest BCUT2D eigenvalue weighted by molar-refractivity contribution is 6.05. The van der Waals surface area contributed by atoms with Crippen molar-refractivity contribution in [3.05, 3.63) is 106 Å². The van der Waals surface area contributed by atoms with Crippen molar-refractivity contribution in [2.24, 2.45) is 0 Å². The Morgan fingerprint density at radius 2 is 1.70 bits per heavy atom. The molecule has 4 heteroatoms. The van der Waals surface area contributed by atoms with E-state index in [1.165, 1.54) is 5.56 Å². The van der Waals surface area contributed by atoms with Crippen molar-refractivity contribution >= 4 is 22.5 Å². The first-order valence-corrected chi connectivity index (χ1v) is 11.5. The number of hydrogen-bond acceptors (Lipinski definition) is 4. The largest absolute Gasteiger partial charge is 0.463 e. The number of hydrogen-bond donors (Lipinski definition) is 1. The van der Waals surface area contributed by atoms with E-state index in [-0.39, 0.29) is 24.3 Å². The monoisotopic (exact) mass is 437 g/mol. The van der Waals surface area contributed by atoms with Crippen LogP contribution in [-0.4, -0.2) is 18.4 Å². The molecule has 166 valence electrons. The number of ether oxygens (including phenoxy) is 1. The van der Waals surface area contributed by atoms with Crippen LogP contribution in [0.1, 0.15) is 49.7 Å². The minimum absolute atomic E-state index is 0.0878. The molecule has 0 amide bonds. The molecule has 3 aromatic carbocycles. The Bertz CT molecular complexity index is 1300. The van der Waals surface area contributed by atoms with Gasteiger partial charge in [0.05, 0.1) is 12.2 Å². The average molecular weight is 438 g/mol. The Balaban J connectivity index is 1.68. The first-order chi connectivity index (χ1) is 16.1. The number of rotatable bonds is 4. The predicted octanol–water partition coefficient (Wildman–Crippen LogP) is 5.76. The second-order valence-electron chi connectivity index (χ2n) is 8.72. The molecule has 0 aromatic heterocycles. The summed E-state index contributed by atoms with van der Waals surface area (Å²) < 4.78 is 5.45. The molecule has 33 heavy (non-hydrogen) atoms. The molecular formula is C29H27NO3. The van der Waals surface area contributed by atoms with Crippen LogP contribution < -0.4 is 5.32 Å². The van der Waals surface area contributed by atoms with Gasteiger partial charge < -0.3 is 10.1 Å². The average Bonchev–Trinajstić information content (AvgIpc) is 2.83. The molecule has 3 aromatic rings. The van der Waals surface area contributed by atoms with E-state index in [0.29, 0.717) is 17.6 Å². The Labute approximate surface area is 194 Å². The van der Waals surface area contributed by atoms with Crippen LogP contribution in [0.2, 0.25) is 0 Å². The molecule has 0 unspecified atom stereocenters. The molecule has 0 bridgehead atoms. The molecule has 1 N–H and O–H groups in total. The maximum atomic E-state index is 13.7. The molecule has 0 saturated carbocycles. The van der Waals surface area contributed by atoms with Crippen molar-refractivity contribution in [3.63, 3.8) is 0 Å². The fourth-order valence-corrected chi connectivity index (χ4v) is 5.29. The number of carbonyl (C=O) groups is 2. The van der Waals surface area contributed by atoms with E-state index >= 15 is 0 Å². The number of dihydropyridines is 1. The van der Waals surface area contributed by atoms with Gasteiger partial charge in [-0.2, -0.15) is 0 Å². The van der Waals surface area contributed by atoms with Crippen LogP contribution in [0.3, 0.4) is 0 Å². The van der Waals surface area contributed by atoms with E-state index in [1.807, 2.05) is 49.4 Å². The topological polar surface area (TPSA) is 55.4 Å². The van der Waals surface area contributed by atoms with Crippen molar-refractivity contribution in [2.45, 2.75) is 38.5 Å². The van der Waals surface area contributed by atoms with Crippen molar-refractivity contribution < 1.29 is 14.3 Å². The van der Waals surface area contributed by atoms with Gasteiger partial charge in [0.15, 0.2) is 5.78 Å². The highest BCUT2D eigenvalue weighted by Crippen LogP contribution is 2.47. The second kappa shape index (κ2) is 8.70. The SMILES string of the molecule is CCOC(=O)C1=C(C)NC2=C(C(=O)C[C@@H](c3ccccc3)C2)[C@H]1c1cccc2ccccc12. The smallest absolute Gasteiger partial charge is 0.336 e. The summed E-state index contributed by atoms with van der Waals surface area (Å²) in [6.07, 6.45) is 1.17. The molecule has 1 heterocycles. The summed E-state index contributed by atoms with van der Waals surface area (Å²) in [6.45, 7) is 4.00. The van der Waals surface area contributed by atoms with Gasteiger partial charge in [0.25, 0.3) is 0 Å². The maximum absolute atomic E-state index is 13.7. The fraction of sp³-hybridized carbons (Fsp3) is 0.241. The molecule has 0 saturated heterocycles. The van der Waals surface area contributed by atoms with E-state index in [9.17, 15) is 9.59 Å². The second-order valence-corrected chi connectivity index (χ2v) is 8.72. The van der Waals surface area contributed by atoms with E-state index in [1.54, 1.807) is 6.92 Å². The summed E-state index contributed by atoms with van der Waals surface area (Å²) in [4.78, 5) is 26.8. The van der Waals surface area contributed by atoms with E-state index in [0.717, 1.165) is 34.2 Å². The third-order valence-electron chi connectivity index (χ3n) is 6.73. The van der Waals surface area contributed by atoms with Crippen molar-refractivity contribution in [2.75, 3.05) is 6.61 Å². The predicted molar refractivity (Wildman–Crippen MR) is 130 cm³/mol. The lowest BCUT2D eigenvalue weighted by Crippen LogP contribution is -2.36. The highest BCUT2D eigenvalue weighted by atomic mass is 16.5. The highest BCUT2D eigenvalue weighted by Gasteiger charge is 2.41. The van der Waals surface area contributed by atoms with Crippen molar-refractivity contribution in [1.82, 2.24) is 5.32 Å². The molecule has 0 spiro atoms. The van der Waals surface area contributed by atoms with Gasteiger partial charge in [0, 0.05) is 29.3 Å². The van der Waals surface area contributed by atoms with Gasteiger partial charge in [0.2, 0.25) is 0 Å². The molecular weight excluding hydrogens is 410 g/mol. The van der Waals surface area contributed by atoms with Gasteiger partial charge in [-0.3, -0.25) is 4.79 Å². The van der Waals surface area contributed by atoms with E-state index in [4.69, 9.17) is 4.74 Å². The molecule has 1 aliphatic carbocycles. The van der Waals surface area contributed by atoms with Gasteiger partial charge >= 0.3 is 5.97 Å². The molecule has 0 fully saturated rings. The summed E-state index contributed by atoms with van der Waals surface area (Å²) in [5.74, 6) is -0.611. The van der Waals surface area contributed by atoms with Crippen LogP contribution in [0.4, 0.5) is 0 Å². The van der Waals surface area contributed by atoms with E-state index in [2.05, 4.69) is 35.6 Å². The summed E-state index contributed by atoms with van der Waals surface area (Å²) >= 11 is 0. The minimum atomic E-state index is -0.448. The number of benzene rings is 3. The first-order valence-electron chi connectivity index (χ1n) is 11.5.